The summed E-state index contributed by atoms with van der Waals surface area (Å²) in [6.45, 7) is 9.39. The lowest BCUT2D eigenvalue weighted by Crippen LogP contribution is -2.31. The van der Waals surface area contributed by atoms with Crippen molar-refractivity contribution >= 4 is 0 Å². The standard InChI is InChI=1S/C13H25N2O2/c1-3-10-17-11-5-6-14-7-8-15(13-14)9-12-16-4-2/h7-8,13H,3-6,9-12H2,1-2H3/q+1. The molecular formula is C13H25N2O2+. The van der Waals surface area contributed by atoms with Crippen molar-refractivity contribution in [2.75, 3.05) is 26.4 Å². The van der Waals surface area contributed by atoms with Crippen molar-refractivity contribution in [3.8, 4) is 0 Å². The first-order valence-electron chi connectivity index (χ1n) is 6.57. The van der Waals surface area contributed by atoms with E-state index in [0.29, 0.717) is 0 Å². The molecule has 0 atom stereocenters. The zero-order valence-electron chi connectivity index (χ0n) is 11.1. The number of hydrogen-bond donors (Lipinski definition) is 0. The van der Waals surface area contributed by atoms with Crippen LogP contribution in [0.25, 0.3) is 0 Å². The molecule has 4 nitrogen and oxygen atoms in total. The summed E-state index contributed by atoms with van der Waals surface area (Å²) in [6, 6.07) is 0. The van der Waals surface area contributed by atoms with Crippen LogP contribution in [0.4, 0.5) is 0 Å². The summed E-state index contributed by atoms with van der Waals surface area (Å²) in [7, 11) is 0. The maximum absolute atomic E-state index is 5.45. The van der Waals surface area contributed by atoms with E-state index in [2.05, 4.69) is 34.8 Å². The smallest absolute Gasteiger partial charge is 0.243 e. The molecule has 1 aromatic rings. The summed E-state index contributed by atoms with van der Waals surface area (Å²) in [5.74, 6) is 0. The molecule has 0 aliphatic carbocycles. The molecular weight excluding hydrogens is 216 g/mol. The molecule has 0 fully saturated rings. The monoisotopic (exact) mass is 241 g/mol. The lowest BCUT2D eigenvalue weighted by molar-refractivity contribution is -0.697. The number of ether oxygens (including phenoxy) is 2. The average molecular weight is 241 g/mol. The topological polar surface area (TPSA) is 27.3 Å². The molecule has 0 unspecified atom stereocenters. The summed E-state index contributed by atoms with van der Waals surface area (Å²) in [5.41, 5.74) is 0. The van der Waals surface area contributed by atoms with E-state index in [0.717, 1.165) is 52.4 Å². The summed E-state index contributed by atoms with van der Waals surface area (Å²) in [5, 5.41) is 0. The number of imidazole rings is 1. The number of aromatic nitrogens is 2. The van der Waals surface area contributed by atoms with Crippen LogP contribution in [0.5, 0.6) is 0 Å². The average Bonchev–Trinajstić information content (AvgIpc) is 2.77. The molecule has 0 aliphatic heterocycles. The van der Waals surface area contributed by atoms with Gasteiger partial charge in [0, 0.05) is 19.6 Å². The lowest BCUT2D eigenvalue weighted by atomic mass is 10.4. The molecule has 0 N–H and O–H groups in total. The molecule has 0 amide bonds. The zero-order valence-corrected chi connectivity index (χ0v) is 11.1. The molecule has 0 saturated heterocycles. The Kier molecular flexibility index (Phi) is 7.67. The summed E-state index contributed by atoms with van der Waals surface area (Å²) in [4.78, 5) is 0. The van der Waals surface area contributed by atoms with E-state index in [1.54, 1.807) is 0 Å². The van der Waals surface area contributed by atoms with Gasteiger partial charge in [-0.2, -0.15) is 0 Å². The first kappa shape index (κ1) is 14.2. The Morgan fingerprint density at radius 2 is 2.00 bits per heavy atom. The Hall–Kier alpha value is -0.870. The molecule has 0 saturated carbocycles. The van der Waals surface area contributed by atoms with E-state index in [4.69, 9.17) is 9.47 Å². The van der Waals surface area contributed by atoms with Gasteiger partial charge in [0.25, 0.3) is 0 Å². The van der Waals surface area contributed by atoms with Crippen LogP contribution in [-0.4, -0.2) is 31.0 Å². The molecule has 0 spiro atoms. The van der Waals surface area contributed by atoms with Gasteiger partial charge >= 0.3 is 0 Å². The third kappa shape index (κ3) is 6.44. The van der Waals surface area contributed by atoms with Crippen LogP contribution in [0, 0.1) is 0 Å². The first-order valence-corrected chi connectivity index (χ1v) is 6.57. The van der Waals surface area contributed by atoms with Crippen molar-refractivity contribution in [3.05, 3.63) is 18.7 Å². The van der Waals surface area contributed by atoms with Gasteiger partial charge in [0.1, 0.15) is 18.9 Å². The molecule has 1 heterocycles. The third-order valence-electron chi connectivity index (χ3n) is 2.50. The molecule has 1 aromatic heterocycles. The third-order valence-corrected chi connectivity index (χ3v) is 2.50. The van der Waals surface area contributed by atoms with Crippen LogP contribution >= 0.6 is 0 Å². The molecule has 98 valence electrons. The normalized spacial score (nSPS) is 10.9. The highest BCUT2D eigenvalue weighted by Gasteiger charge is 2.02. The Morgan fingerprint density at radius 3 is 2.76 bits per heavy atom. The van der Waals surface area contributed by atoms with Crippen LogP contribution in [0.3, 0.4) is 0 Å². The fraction of sp³-hybridized carbons (Fsp3) is 0.769. The number of rotatable bonds is 10. The minimum absolute atomic E-state index is 0.783. The van der Waals surface area contributed by atoms with Crippen molar-refractivity contribution in [1.29, 1.82) is 0 Å². The second kappa shape index (κ2) is 9.19. The molecule has 0 bridgehead atoms. The molecule has 0 radical (unpaired) electrons. The Morgan fingerprint density at radius 1 is 1.12 bits per heavy atom. The highest BCUT2D eigenvalue weighted by molar-refractivity contribution is 4.65. The number of aryl methyl sites for hydroxylation is 1. The second-order valence-corrected chi connectivity index (χ2v) is 4.05. The van der Waals surface area contributed by atoms with Crippen molar-refractivity contribution in [3.63, 3.8) is 0 Å². The van der Waals surface area contributed by atoms with Crippen molar-refractivity contribution in [2.24, 2.45) is 0 Å². The van der Waals surface area contributed by atoms with Gasteiger partial charge in [-0.05, 0) is 13.3 Å². The molecule has 0 aromatic carbocycles. The minimum Gasteiger partial charge on any atom is -0.381 e. The predicted octanol–water partition coefficient (Wildman–Crippen LogP) is 1.63. The summed E-state index contributed by atoms with van der Waals surface area (Å²) < 4.78 is 15.1. The van der Waals surface area contributed by atoms with Gasteiger partial charge in [-0.15, -0.1) is 0 Å². The van der Waals surface area contributed by atoms with Gasteiger partial charge in [0.2, 0.25) is 6.33 Å². The van der Waals surface area contributed by atoms with Crippen molar-refractivity contribution in [1.82, 2.24) is 4.57 Å². The minimum atomic E-state index is 0.783. The quantitative estimate of drug-likeness (QED) is 0.460. The number of nitrogens with zero attached hydrogens (tertiary/aromatic N) is 2. The summed E-state index contributed by atoms with van der Waals surface area (Å²) in [6.07, 6.45) is 8.48. The fourth-order valence-corrected chi connectivity index (χ4v) is 1.61. The van der Waals surface area contributed by atoms with Gasteiger partial charge in [0.05, 0.1) is 19.8 Å². The lowest BCUT2D eigenvalue weighted by Gasteiger charge is -2.00. The SMILES string of the molecule is CCCOCCC[n+]1ccn(CCOCC)c1. The fourth-order valence-electron chi connectivity index (χ4n) is 1.61. The summed E-state index contributed by atoms with van der Waals surface area (Å²) >= 11 is 0. The van der Waals surface area contributed by atoms with E-state index in [9.17, 15) is 0 Å². The highest BCUT2D eigenvalue weighted by Crippen LogP contribution is 1.89. The molecule has 17 heavy (non-hydrogen) atoms. The van der Waals surface area contributed by atoms with Crippen LogP contribution in [-0.2, 0) is 22.6 Å². The van der Waals surface area contributed by atoms with E-state index in [-0.39, 0.29) is 0 Å². The van der Waals surface area contributed by atoms with Crippen molar-refractivity contribution < 1.29 is 14.0 Å². The zero-order chi connectivity index (χ0) is 12.3. The Bertz CT molecular complexity index is 287. The van der Waals surface area contributed by atoms with Gasteiger partial charge in [-0.25, -0.2) is 9.13 Å². The molecule has 0 aliphatic rings. The van der Waals surface area contributed by atoms with Crippen LogP contribution in [0.2, 0.25) is 0 Å². The van der Waals surface area contributed by atoms with E-state index >= 15 is 0 Å². The maximum atomic E-state index is 5.45. The number of hydrogen-bond acceptors (Lipinski definition) is 2. The van der Waals surface area contributed by atoms with Gasteiger partial charge in [-0.3, -0.25) is 0 Å². The van der Waals surface area contributed by atoms with Crippen LogP contribution < -0.4 is 4.57 Å². The molecule has 1 rings (SSSR count). The van der Waals surface area contributed by atoms with Gasteiger partial charge < -0.3 is 9.47 Å². The van der Waals surface area contributed by atoms with Crippen molar-refractivity contribution in [2.45, 2.75) is 39.8 Å². The Balaban J connectivity index is 2.12. The second-order valence-electron chi connectivity index (χ2n) is 4.05. The van der Waals surface area contributed by atoms with E-state index < -0.39 is 0 Å². The maximum Gasteiger partial charge on any atom is 0.243 e. The largest absolute Gasteiger partial charge is 0.381 e. The van der Waals surface area contributed by atoms with Gasteiger partial charge in [-0.1, -0.05) is 6.92 Å². The van der Waals surface area contributed by atoms with E-state index in [1.165, 1.54) is 0 Å². The van der Waals surface area contributed by atoms with Crippen LogP contribution in [0.15, 0.2) is 18.7 Å². The first-order chi connectivity index (χ1) is 8.36. The Labute approximate surface area is 104 Å². The van der Waals surface area contributed by atoms with Crippen LogP contribution in [0.1, 0.15) is 26.7 Å². The molecule has 4 heteroatoms. The highest BCUT2D eigenvalue weighted by atomic mass is 16.5. The predicted molar refractivity (Wildman–Crippen MR) is 66.8 cm³/mol. The van der Waals surface area contributed by atoms with E-state index in [1.807, 2.05) is 6.92 Å². The van der Waals surface area contributed by atoms with Gasteiger partial charge in [0.15, 0.2) is 0 Å².